The van der Waals surface area contributed by atoms with Crippen molar-refractivity contribution in [3.63, 3.8) is 0 Å². The van der Waals surface area contributed by atoms with Crippen LogP contribution in [0.2, 0.25) is 0 Å². The molecule has 33 heavy (non-hydrogen) atoms. The molecule has 0 aliphatic rings. The molecule has 174 valence electrons. The molecule has 0 saturated carbocycles. The van der Waals surface area contributed by atoms with Crippen molar-refractivity contribution in [2.45, 2.75) is 30.6 Å². The minimum absolute atomic E-state index is 0.0297. The molecule has 0 fully saturated rings. The SMILES string of the molecule is CCc1cc2c(nc(C(F)(F)F)n2C)c(S)c1-c1nnc(-c2cc(C(F)(F)F)ccn2)n1C. The van der Waals surface area contributed by atoms with Crippen molar-refractivity contribution in [2.75, 3.05) is 0 Å². The second kappa shape index (κ2) is 7.75. The van der Waals surface area contributed by atoms with Gasteiger partial charge in [-0.3, -0.25) is 4.98 Å². The maximum Gasteiger partial charge on any atom is 0.449 e. The number of halogens is 6. The van der Waals surface area contributed by atoms with Gasteiger partial charge in [0.25, 0.3) is 0 Å². The molecule has 0 N–H and O–H groups in total. The van der Waals surface area contributed by atoms with E-state index >= 15 is 0 Å². The van der Waals surface area contributed by atoms with E-state index in [9.17, 15) is 26.3 Å². The average Bonchev–Trinajstić information content (AvgIpc) is 3.27. The normalized spacial score (nSPS) is 12.7. The van der Waals surface area contributed by atoms with Crippen molar-refractivity contribution in [3.8, 4) is 22.9 Å². The molecule has 6 nitrogen and oxygen atoms in total. The summed E-state index contributed by atoms with van der Waals surface area (Å²) in [6, 6.07) is 3.27. The van der Waals surface area contributed by atoms with Crippen molar-refractivity contribution in [3.05, 3.63) is 41.3 Å². The van der Waals surface area contributed by atoms with Crippen LogP contribution in [0.15, 0.2) is 29.3 Å². The summed E-state index contributed by atoms with van der Waals surface area (Å²) in [6.07, 6.45) is -7.78. The molecule has 0 saturated heterocycles. The van der Waals surface area contributed by atoms with Crippen molar-refractivity contribution in [1.82, 2.24) is 29.3 Å². The van der Waals surface area contributed by atoms with Crippen LogP contribution in [0.5, 0.6) is 0 Å². The Balaban J connectivity index is 1.92. The molecular formula is C20H16F6N6S. The molecule has 3 heterocycles. The van der Waals surface area contributed by atoms with Crippen LogP contribution in [0.25, 0.3) is 33.9 Å². The summed E-state index contributed by atoms with van der Waals surface area (Å²) < 4.78 is 81.8. The first-order valence-corrected chi connectivity index (χ1v) is 10.0. The Labute approximate surface area is 188 Å². The van der Waals surface area contributed by atoms with Crippen molar-refractivity contribution in [2.24, 2.45) is 14.1 Å². The minimum Gasteiger partial charge on any atom is -0.323 e. The van der Waals surface area contributed by atoms with Crippen LogP contribution in [0.4, 0.5) is 26.3 Å². The number of aryl methyl sites for hydroxylation is 2. The zero-order chi connectivity index (χ0) is 24.3. The van der Waals surface area contributed by atoms with Gasteiger partial charge in [0.15, 0.2) is 11.6 Å². The average molecular weight is 486 g/mol. The Bertz CT molecular complexity index is 1370. The van der Waals surface area contributed by atoms with Gasteiger partial charge < -0.3 is 9.13 Å². The minimum atomic E-state index is -4.66. The van der Waals surface area contributed by atoms with E-state index in [1.807, 2.05) is 6.92 Å². The Kier molecular flexibility index (Phi) is 5.42. The van der Waals surface area contributed by atoms with Gasteiger partial charge in [-0.05, 0) is 30.2 Å². The highest BCUT2D eigenvalue weighted by molar-refractivity contribution is 7.80. The lowest BCUT2D eigenvalue weighted by Crippen LogP contribution is -2.12. The molecule has 3 aromatic heterocycles. The smallest absolute Gasteiger partial charge is 0.323 e. The highest BCUT2D eigenvalue weighted by Gasteiger charge is 2.37. The van der Waals surface area contributed by atoms with E-state index in [2.05, 4.69) is 32.8 Å². The number of hydrogen-bond acceptors (Lipinski definition) is 5. The lowest BCUT2D eigenvalue weighted by molar-refractivity contribution is -0.146. The summed E-state index contributed by atoms with van der Waals surface area (Å²) >= 11 is 4.46. The number of pyridine rings is 1. The standard InChI is InChI=1S/C20H16F6N6S/c1-4-9-7-12-14(28-18(31(12)2)20(24,25)26)15(33)13(9)17-30-29-16(32(17)3)11-8-10(5-6-27-11)19(21,22)23/h5-8,33H,4H2,1-3H3. The van der Waals surface area contributed by atoms with Crippen LogP contribution in [-0.2, 0) is 32.9 Å². The van der Waals surface area contributed by atoms with Crippen LogP contribution in [0, 0.1) is 0 Å². The summed E-state index contributed by atoms with van der Waals surface area (Å²) in [4.78, 5) is 7.87. The second-order valence-corrected chi connectivity index (χ2v) is 7.75. The first-order valence-electron chi connectivity index (χ1n) is 9.56. The van der Waals surface area contributed by atoms with Gasteiger partial charge in [0.05, 0.1) is 11.1 Å². The van der Waals surface area contributed by atoms with Gasteiger partial charge in [0.1, 0.15) is 11.2 Å². The summed E-state index contributed by atoms with van der Waals surface area (Å²) in [7, 11) is 2.80. The highest BCUT2D eigenvalue weighted by Crippen LogP contribution is 2.39. The van der Waals surface area contributed by atoms with E-state index in [0.29, 0.717) is 17.5 Å². The third-order valence-corrected chi connectivity index (χ3v) is 5.72. The summed E-state index contributed by atoms with van der Waals surface area (Å²) in [5.74, 6) is -0.797. The monoisotopic (exact) mass is 486 g/mol. The van der Waals surface area contributed by atoms with Crippen molar-refractivity contribution in [1.29, 1.82) is 0 Å². The zero-order valence-electron chi connectivity index (χ0n) is 17.4. The Hall–Kier alpha value is -3.09. The molecule has 4 aromatic rings. The molecule has 1 aromatic carbocycles. The lowest BCUT2D eigenvalue weighted by Gasteiger charge is -2.13. The van der Waals surface area contributed by atoms with Gasteiger partial charge in [-0.1, -0.05) is 6.92 Å². The maximum atomic E-state index is 13.4. The Morgan fingerprint density at radius 1 is 0.939 bits per heavy atom. The predicted octanol–water partition coefficient (Wildman–Crippen LogP) is 5.32. The first-order chi connectivity index (χ1) is 15.3. The second-order valence-electron chi connectivity index (χ2n) is 7.31. The van der Waals surface area contributed by atoms with E-state index in [1.165, 1.54) is 18.7 Å². The van der Waals surface area contributed by atoms with E-state index in [-0.39, 0.29) is 33.3 Å². The number of nitrogens with zero attached hydrogens (tertiary/aromatic N) is 6. The molecule has 0 aliphatic heterocycles. The van der Waals surface area contributed by atoms with Crippen molar-refractivity contribution < 1.29 is 26.3 Å². The molecular weight excluding hydrogens is 470 g/mol. The maximum absolute atomic E-state index is 13.4. The largest absolute Gasteiger partial charge is 0.449 e. The third-order valence-electron chi connectivity index (χ3n) is 5.28. The number of imidazole rings is 1. The summed E-state index contributed by atoms with van der Waals surface area (Å²) in [5.41, 5.74) is 0.354. The summed E-state index contributed by atoms with van der Waals surface area (Å²) in [5, 5.41) is 8.08. The lowest BCUT2D eigenvalue weighted by atomic mass is 10.0. The van der Waals surface area contributed by atoms with E-state index in [1.54, 1.807) is 6.07 Å². The van der Waals surface area contributed by atoms with Crippen LogP contribution >= 0.6 is 12.6 Å². The number of alkyl halides is 6. The molecule has 0 amide bonds. The molecule has 13 heteroatoms. The van der Waals surface area contributed by atoms with Gasteiger partial charge in [-0.15, -0.1) is 22.8 Å². The van der Waals surface area contributed by atoms with Gasteiger partial charge >= 0.3 is 12.4 Å². The molecule has 0 atom stereocenters. The van der Waals surface area contributed by atoms with E-state index < -0.39 is 23.7 Å². The predicted molar refractivity (Wildman–Crippen MR) is 111 cm³/mol. The number of benzene rings is 1. The molecule has 0 radical (unpaired) electrons. The highest BCUT2D eigenvalue weighted by atomic mass is 32.1. The fourth-order valence-corrected chi connectivity index (χ4v) is 4.05. The van der Waals surface area contributed by atoms with Crippen molar-refractivity contribution >= 4 is 23.7 Å². The van der Waals surface area contributed by atoms with Crippen LogP contribution in [0.3, 0.4) is 0 Å². The topological polar surface area (TPSA) is 61.4 Å². The molecule has 0 bridgehead atoms. The quantitative estimate of drug-likeness (QED) is 0.315. The van der Waals surface area contributed by atoms with Gasteiger partial charge in [0, 0.05) is 30.8 Å². The molecule has 0 unspecified atom stereocenters. The fourth-order valence-electron chi connectivity index (χ4n) is 3.64. The van der Waals surface area contributed by atoms with Gasteiger partial charge in [-0.25, -0.2) is 4.98 Å². The van der Waals surface area contributed by atoms with Gasteiger partial charge in [-0.2, -0.15) is 26.3 Å². The number of aromatic nitrogens is 6. The third kappa shape index (κ3) is 3.83. The molecule has 0 aliphatic carbocycles. The van der Waals surface area contributed by atoms with E-state index in [4.69, 9.17) is 0 Å². The molecule has 4 rings (SSSR count). The first kappa shape index (κ1) is 23.1. The summed E-state index contributed by atoms with van der Waals surface area (Å²) in [6.45, 7) is 1.81. The van der Waals surface area contributed by atoms with E-state index in [0.717, 1.165) is 22.9 Å². The number of thiol groups is 1. The fraction of sp³-hybridized carbons (Fsp3) is 0.300. The van der Waals surface area contributed by atoms with Crippen LogP contribution < -0.4 is 0 Å². The van der Waals surface area contributed by atoms with Crippen LogP contribution in [0.1, 0.15) is 23.9 Å². The van der Waals surface area contributed by atoms with Gasteiger partial charge in [0.2, 0.25) is 5.82 Å². The number of rotatable bonds is 3. The Morgan fingerprint density at radius 3 is 2.21 bits per heavy atom. The zero-order valence-corrected chi connectivity index (χ0v) is 18.3. The van der Waals surface area contributed by atoms with Crippen LogP contribution in [-0.4, -0.2) is 29.3 Å². The Morgan fingerprint density at radius 2 is 1.61 bits per heavy atom. The molecule has 0 spiro atoms. The number of hydrogen-bond donors (Lipinski definition) is 1. The number of fused-ring (bicyclic) bond motifs is 1.